The van der Waals surface area contributed by atoms with E-state index in [2.05, 4.69) is 19.4 Å². The molecule has 0 saturated heterocycles. The van der Waals surface area contributed by atoms with Gasteiger partial charge in [-0.05, 0) is 67.4 Å². The number of benzene rings is 2. The summed E-state index contributed by atoms with van der Waals surface area (Å²) >= 11 is 0. The van der Waals surface area contributed by atoms with Crippen molar-refractivity contribution in [3.05, 3.63) is 72.1 Å². The average molecular weight is 419 g/mol. The van der Waals surface area contributed by atoms with Gasteiger partial charge in [0.2, 0.25) is 5.95 Å². The maximum Gasteiger partial charge on any atom is 0.264 e. The third-order valence-corrected chi connectivity index (χ3v) is 6.72. The smallest absolute Gasteiger partial charge is 0.264 e. The summed E-state index contributed by atoms with van der Waals surface area (Å²) in [4.78, 5) is 7.71. The van der Waals surface area contributed by atoms with Crippen LogP contribution in [0, 0.1) is 13.8 Å². The fourth-order valence-electron chi connectivity index (χ4n) is 2.33. The first-order chi connectivity index (χ1) is 13.2. The van der Waals surface area contributed by atoms with E-state index in [9.17, 15) is 16.8 Å². The summed E-state index contributed by atoms with van der Waals surface area (Å²) in [5.41, 5.74) is 2.09. The normalized spacial score (nSPS) is 11.8. The molecule has 0 saturated carbocycles. The molecule has 2 aromatic carbocycles. The first kappa shape index (κ1) is 19.8. The zero-order valence-electron chi connectivity index (χ0n) is 15.1. The minimum Gasteiger partial charge on any atom is -0.280 e. The lowest BCUT2D eigenvalue weighted by Gasteiger charge is -2.11. The molecule has 146 valence electrons. The molecule has 28 heavy (non-hydrogen) atoms. The Bertz CT molecular complexity index is 1190. The Kier molecular flexibility index (Phi) is 5.34. The quantitative estimate of drug-likeness (QED) is 0.635. The summed E-state index contributed by atoms with van der Waals surface area (Å²) < 4.78 is 54.5. The van der Waals surface area contributed by atoms with Gasteiger partial charge < -0.3 is 0 Å². The Morgan fingerprint density at radius 2 is 1.29 bits per heavy atom. The molecule has 0 atom stereocenters. The highest BCUT2D eigenvalue weighted by Crippen LogP contribution is 2.21. The van der Waals surface area contributed by atoms with Crippen LogP contribution in [-0.2, 0) is 20.0 Å². The summed E-state index contributed by atoms with van der Waals surface area (Å²) in [6.45, 7) is 3.73. The zero-order valence-corrected chi connectivity index (χ0v) is 16.8. The summed E-state index contributed by atoms with van der Waals surface area (Å²) in [5, 5.41) is 0. The maximum atomic E-state index is 12.5. The van der Waals surface area contributed by atoms with Crippen LogP contribution in [0.25, 0.3) is 0 Å². The highest BCUT2D eigenvalue weighted by atomic mass is 32.2. The zero-order chi connectivity index (χ0) is 20.4. The van der Waals surface area contributed by atoms with Crippen LogP contribution in [-0.4, -0.2) is 26.8 Å². The van der Waals surface area contributed by atoms with E-state index in [4.69, 9.17) is 0 Å². The van der Waals surface area contributed by atoms with E-state index in [0.717, 1.165) is 11.1 Å². The number of aromatic nitrogens is 2. The van der Waals surface area contributed by atoms with Gasteiger partial charge in [0.15, 0.2) is 0 Å². The van der Waals surface area contributed by atoms with Gasteiger partial charge in [0.05, 0.1) is 9.79 Å². The summed E-state index contributed by atoms with van der Waals surface area (Å²) in [6.07, 6.45) is 2.82. The molecule has 1 aromatic heterocycles. The Morgan fingerprint density at radius 3 is 1.89 bits per heavy atom. The largest absolute Gasteiger partial charge is 0.280 e. The average Bonchev–Trinajstić information content (AvgIpc) is 2.64. The first-order valence-electron chi connectivity index (χ1n) is 8.17. The van der Waals surface area contributed by atoms with Gasteiger partial charge in [-0.3, -0.25) is 4.72 Å². The van der Waals surface area contributed by atoms with Crippen LogP contribution >= 0.6 is 0 Å². The van der Waals surface area contributed by atoms with E-state index in [0.29, 0.717) is 0 Å². The second-order valence-electron chi connectivity index (χ2n) is 6.05. The number of rotatable bonds is 6. The lowest BCUT2D eigenvalue weighted by molar-refractivity contribution is 0.599. The van der Waals surface area contributed by atoms with Crippen molar-refractivity contribution in [2.45, 2.75) is 23.6 Å². The van der Waals surface area contributed by atoms with Crippen LogP contribution in [0.4, 0.5) is 11.6 Å². The Morgan fingerprint density at radius 1 is 0.714 bits per heavy atom. The lowest BCUT2D eigenvalue weighted by Crippen LogP contribution is -2.15. The van der Waals surface area contributed by atoms with Gasteiger partial charge in [-0.2, -0.15) is 0 Å². The fourth-order valence-corrected chi connectivity index (χ4v) is 4.43. The Labute approximate surface area is 163 Å². The molecule has 0 radical (unpaired) electrons. The second-order valence-corrected chi connectivity index (χ2v) is 9.42. The Hall–Kier alpha value is -2.98. The number of anilines is 2. The van der Waals surface area contributed by atoms with Crippen molar-refractivity contribution in [3.63, 3.8) is 0 Å². The summed E-state index contributed by atoms with van der Waals surface area (Å²) in [5.74, 6) is -0.0537. The SMILES string of the molecule is Cc1ccc(S(=O)(=O)Nc2ccc(S(=O)(=O)Nc3ncccn3)cc2)cc1C. The van der Waals surface area contributed by atoms with Crippen LogP contribution in [0.3, 0.4) is 0 Å². The molecule has 2 N–H and O–H groups in total. The molecule has 0 aliphatic carbocycles. The van der Waals surface area contributed by atoms with Gasteiger partial charge in [0, 0.05) is 18.1 Å². The van der Waals surface area contributed by atoms with Crippen molar-refractivity contribution in [3.8, 4) is 0 Å². The molecule has 0 amide bonds. The van der Waals surface area contributed by atoms with Gasteiger partial charge in [-0.1, -0.05) is 6.07 Å². The van der Waals surface area contributed by atoms with Gasteiger partial charge in [0.1, 0.15) is 0 Å². The number of aryl methyl sites for hydroxylation is 2. The maximum absolute atomic E-state index is 12.5. The molecule has 0 spiro atoms. The molecule has 10 heteroatoms. The summed E-state index contributed by atoms with van der Waals surface area (Å²) in [7, 11) is -7.67. The molecular weight excluding hydrogens is 400 g/mol. The van der Waals surface area contributed by atoms with Crippen molar-refractivity contribution in [1.29, 1.82) is 0 Å². The van der Waals surface area contributed by atoms with Gasteiger partial charge >= 0.3 is 0 Å². The number of hydrogen-bond donors (Lipinski definition) is 2. The molecule has 0 unspecified atom stereocenters. The van der Waals surface area contributed by atoms with Gasteiger partial charge in [-0.25, -0.2) is 31.5 Å². The van der Waals surface area contributed by atoms with Crippen LogP contribution in [0.2, 0.25) is 0 Å². The van der Waals surface area contributed by atoms with Crippen molar-refractivity contribution >= 4 is 31.7 Å². The van der Waals surface area contributed by atoms with E-state index in [1.165, 1.54) is 42.7 Å². The minimum absolute atomic E-state index is 0.0471. The second kappa shape index (κ2) is 7.56. The van der Waals surface area contributed by atoms with Crippen molar-refractivity contribution in [2.75, 3.05) is 9.44 Å². The van der Waals surface area contributed by atoms with E-state index < -0.39 is 20.0 Å². The van der Waals surface area contributed by atoms with E-state index in [-0.39, 0.29) is 21.4 Å². The molecule has 0 aliphatic rings. The molecule has 0 fully saturated rings. The van der Waals surface area contributed by atoms with E-state index in [1.54, 1.807) is 18.2 Å². The van der Waals surface area contributed by atoms with Crippen molar-refractivity contribution in [1.82, 2.24) is 9.97 Å². The van der Waals surface area contributed by atoms with Crippen LogP contribution < -0.4 is 9.44 Å². The number of nitrogens with zero attached hydrogens (tertiary/aromatic N) is 2. The van der Waals surface area contributed by atoms with Gasteiger partial charge in [-0.15, -0.1) is 0 Å². The van der Waals surface area contributed by atoms with E-state index >= 15 is 0 Å². The van der Waals surface area contributed by atoms with E-state index in [1.807, 2.05) is 13.8 Å². The molecular formula is C18H18N4O4S2. The monoisotopic (exact) mass is 418 g/mol. The minimum atomic E-state index is -3.89. The third-order valence-electron chi connectivity index (χ3n) is 4.00. The molecule has 0 bridgehead atoms. The van der Waals surface area contributed by atoms with Gasteiger partial charge in [0.25, 0.3) is 20.0 Å². The number of hydrogen-bond acceptors (Lipinski definition) is 6. The first-order valence-corrected chi connectivity index (χ1v) is 11.1. The predicted molar refractivity (Wildman–Crippen MR) is 106 cm³/mol. The van der Waals surface area contributed by atoms with Crippen LogP contribution in [0.15, 0.2) is 70.7 Å². The fraction of sp³-hybridized carbons (Fsp3) is 0.111. The molecule has 3 rings (SSSR count). The van der Waals surface area contributed by atoms with Crippen LogP contribution in [0.1, 0.15) is 11.1 Å². The highest BCUT2D eigenvalue weighted by molar-refractivity contribution is 7.93. The number of sulfonamides is 2. The topological polar surface area (TPSA) is 118 Å². The Balaban J connectivity index is 1.79. The van der Waals surface area contributed by atoms with Crippen LogP contribution in [0.5, 0.6) is 0 Å². The molecule has 1 heterocycles. The number of nitrogens with one attached hydrogen (secondary N) is 2. The standard InChI is InChI=1S/C18H18N4O4S2/c1-13-4-7-17(12-14(13)2)28(25,26)21-15-5-8-16(9-6-15)27(23,24)22-18-19-10-3-11-20-18/h3-12,21H,1-2H3,(H,19,20,22). The molecule has 8 nitrogen and oxygen atoms in total. The molecule has 3 aromatic rings. The highest BCUT2D eigenvalue weighted by Gasteiger charge is 2.18. The predicted octanol–water partition coefficient (Wildman–Crippen LogP) is 2.70. The summed E-state index contributed by atoms with van der Waals surface area (Å²) in [6, 6.07) is 11.7. The third kappa shape index (κ3) is 4.46. The van der Waals surface area contributed by atoms with Crippen molar-refractivity contribution < 1.29 is 16.8 Å². The van der Waals surface area contributed by atoms with Crippen molar-refractivity contribution in [2.24, 2.45) is 0 Å². The lowest BCUT2D eigenvalue weighted by atomic mass is 10.1. The molecule has 0 aliphatic heterocycles.